The Morgan fingerprint density at radius 3 is 2.45 bits per heavy atom. The van der Waals surface area contributed by atoms with Gasteiger partial charge in [0.05, 0.1) is 18.1 Å². The van der Waals surface area contributed by atoms with Gasteiger partial charge in [-0.15, -0.1) is 0 Å². The number of carbonyl (C=O) groups is 2. The molecule has 0 aromatic heterocycles. The summed E-state index contributed by atoms with van der Waals surface area (Å²) in [5, 5.41) is 2.81. The molecule has 1 fully saturated rings. The van der Waals surface area contributed by atoms with Gasteiger partial charge < -0.3 is 10.1 Å². The maximum Gasteiger partial charge on any atom is 0.240 e. The third kappa shape index (κ3) is 6.96. The van der Waals surface area contributed by atoms with Gasteiger partial charge in [0.1, 0.15) is 0 Å². The van der Waals surface area contributed by atoms with Gasteiger partial charge in [-0.1, -0.05) is 24.3 Å². The molecule has 0 unspecified atom stereocenters. The fraction of sp³-hybridized carbons (Fsp3) is 0.364. The van der Waals surface area contributed by atoms with Gasteiger partial charge in [0.15, 0.2) is 5.78 Å². The summed E-state index contributed by atoms with van der Waals surface area (Å²) in [5.74, 6) is -0.416. The third-order valence-electron chi connectivity index (χ3n) is 4.94. The van der Waals surface area contributed by atoms with Gasteiger partial charge in [0.2, 0.25) is 15.9 Å². The zero-order chi connectivity index (χ0) is 22.3. The summed E-state index contributed by atoms with van der Waals surface area (Å²) < 4.78 is 32.5. The molecule has 2 aromatic rings. The SMILES string of the molecule is CC(=O)c1ccc(S(=O)(=O)NCCC(=O)Nc2cccc(CN3CCOCC3)c2)cc1. The number of nitrogens with one attached hydrogen (secondary N) is 2. The molecule has 8 nitrogen and oxygen atoms in total. The van der Waals surface area contributed by atoms with Gasteiger partial charge in [0.25, 0.3) is 0 Å². The van der Waals surface area contributed by atoms with Crippen LogP contribution in [0.5, 0.6) is 0 Å². The number of ether oxygens (including phenoxy) is 1. The first-order valence-electron chi connectivity index (χ1n) is 10.1. The van der Waals surface area contributed by atoms with Crippen molar-refractivity contribution in [3.05, 3.63) is 59.7 Å². The van der Waals surface area contributed by atoms with E-state index in [-0.39, 0.29) is 29.6 Å². The maximum absolute atomic E-state index is 12.3. The molecule has 0 saturated carbocycles. The molecule has 1 amide bonds. The van der Waals surface area contributed by atoms with E-state index in [1.165, 1.54) is 31.2 Å². The number of ketones is 1. The number of morpholine rings is 1. The molecule has 2 N–H and O–H groups in total. The average Bonchev–Trinajstić information content (AvgIpc) is 2.74. The van der Waals surface area contributed by atoms with Crippen LogP contribution in [0.15, 0.2) is 53.4 Å². The zero-order valence-electron chi connectivity index (χ0n) is 17.5. The standard InChI is InChI=1S/C22H27N3O5S/c1-17(26)19-5-7-21(8-6-19)31(28,29)23-10-9-22(27)24-20-4-2-3-18(15-20)16-25-11-13-30-14-12-25/h2-8,15,23H,9-14,16H2,1H3,(H,24,27). The highest BCUT2D eigenvalue weighted by atomic mass is 32.2. The van der Waals surface area contributed by atoms with Crippen LogP contribution in [0.4, 0.5) is 5.69 Å². The van der Waals surface area contributed by atoms with Crippen LogP contribution in [-0.2, 0) is 26.1 Å². The molecule has 0 aliphatic carbocycles. The van der Waals surface area contributed by atoms with Crippen molar-refractivity contribution in [2.45, 2.75) is 24.8 Å². The fourth-order valence-electron chi connectivity index (χ4n) is 3.24. The quantitative estimate of drug-likeness (QED) is 0.573. The molecule has 1 heterocycles. The van der Waals surface area contributed by atoms with Crippen LogP contribution >= 0.6 is 0 Å². The number of anilines is 1. The van der Waals surface area contributed by atoms with Gasteiger partial charge in [-0.3, -0.25) is 14.5 Å². The minimum atomic E-state index is -3.75. The molecule has 2 aromatic carbocycles. The first-order valence-corrected chi connectivity index (χ1v) is 11.6. The van der Waals surface area contributed by atoms with E-state index in [0.717, 1.165) is 38.4 Å². The van der Waals surface area contributed by atoms with Crippen molar-refractivity contribution in [1.29, 1.82) is 0 Å². The predicted octanol–water partition coefficient (Wildman–Crippen LogP) is 2.03. The van der Waals surface area contributed by atoms with Gasteiger partial charge in [-0.25, -0.2) is 13.1 Å². The van der Waals surface area contributed by atoms with Gasteiger partial charge in [-0.05, 0) is 36.8 Å². The molecule has 1 saturated heterocycles. The van der Waals surface area contributed by atoms with E-state index in [0.29, 0.717) is 11.3 Å². The summed E-state index contributed by atoms with van der Waals surface area (Å²) in [6, 6.07) is 13.3. The molecule has 0 atom stereocenters. The normalized spacial score (nSPS) is 14.9. The second kappa shape index (κ2) is 10.6. The minimum Gasteiger partial charge on any atom is -0.379 e. The highest BCUT2D eigenvalue weighted by Gasteiger charge is 2.15. The molecule has 3 rings (SSSR count). The average molecular weight is 446 g/mol. The Morgan fingerprint density at radius 2 is 1.77 bits per heavy atom. The highest BCUT2D eigenvalue weighted by molar-refractivity contribution is 7.89. The van der Waals surface area contributed by atoms with Crippen LogP contribution < -0.4 is 10.0 Å². The number of benzene rings is 2. The van der Waals surface area contributed by atoms with Crippen LogP contribution in [0.25, 0.3) is 0 Å². The van der Waals surface area contributed by atoms with E-state index in [4.69, 9.17) is 4.74 Å². The number of nitrogens with zero attached hydrogens (tertiary/aromatic N) is 1. The molecule has 31 heavy (non-hydrogen) atoms. The largest absolute Gasteiger partial charge is 0.379 e. The number of hydrogen-bond acceptors (Lipinski definition) is 6. The predicted molar refractivity (Wildman–Crippen MR) is 117 cm³/mol. The molecular formula is C22H27N3O5S. The topological polar surface area (TPSA) is 105 Å². The number of Topliss-reactive ketones (excluding diaryl/α,β-unsaturated/α-hetero) is 1. The summed E-state index contributed by atoms with van der Waals surface area (Å²) in [6.07, 6.45) is -0.00154. The fourth-order valence-corrected chi connectivity index (χ4v) is 4.27. The van der Waals surface area contributed by atoms with E-state index in [1.54, 1.807) is 0 Å². The van der Waals surface area contributed by atoms with Crippen molar-refractivity contribution < 1.29 is 22.7 Å². The van der Waals surface area contributed by atoms with E-state index < -0.39 is 10.0 Å². The first kappa shape index (κ1) is 23.1. The molecule has 0 radical (unpaired) electrons. The second-order valence-electron chi connectivity index (χ2n) is 7.37. The lowest BCUT2D eigenvalue weighted by atomic mass is 10.1. The van der Waals surface area contributed by atoms with Crippen molar-refractivity contribution in [2.75, 3.05) is 38.2 Å². The van der Waals surface area contributed by atoms with Gasteiger partial charge in [0, 0.05) is 43.9 Å². The van der Waals surface area contributed by atoms with E-state index in [1.807, 2.05) is 24.3 Å². The Bertz CT molecular complexity index is 1020. The summed E-state index contributed by atoms with van der Waals surface area (Å²) in [7, 11) is -3.75. The molecule has 1 aliphatic heterocycles. The summed E-state index contributed by atoms with van der Waals surface area (Å²) >= 11 is 0. The summed E-state index contributed by atoms with van der Waals surface area (Å²) in [4.78, 5) is 25.9. The van der Waals surface area contributed by atoms with E-state index >= 15 is 0 Å². The smallest absolute Gasteiger partial charge is 0.240 e. The lowest BCUT2D eigenvalue weighted by molar-refractivity contribution is -0.116. The maximum atomic E-state index is 12.3. The first-order chi connectivity index (χ1) is 14.8. The molecule has 1 aliphatic rings. The minimum absolute atomic E-state index is 0.00154. The Labute approximate surface area is 182 Å². The molecule has 9 heteroatoms. The Kier molecular flexibility index (Phi) is 7.91. The second-order valence-corrected chi connectivity index (χ2v) is 9.13. The number of carbonyl (C=O) groups excluding carboxylic acids is 2. The van der Waals surface area contributed by atoms with Crippen molar-refractivity contribution in [3.63, 3.8) is 0 Å². The lowest BCUT2D eigenvalue weighted by Gasteiger charge is -2.26. The third-order valence-corrected chi connectivity index (χ3v) is 6.41. The van der Waals surface area contributed by atoms with Gasteiger partial charge in [-0.2, -0.15) is 0 Å². The molecule has 0 spiro atoms. The lowest BCUT2D eigenvalue weighted by Crippen LogP contribution is -2.35. The summed E-state index contributed by atoms with van der Waals surface area (Å²) in [5.41, 5.74) is 2.21. The number of rotatable bonds is 9. The number of sulfonamides is 1. The molecular weight excluding hydrogens is 418 g/mol. The Hall–Kier alpha value is -2.59. The Balaban J connectivity index is 1.48. The van der Waals surface area contributed by atoms with Crippen LogP contribution in [0, 0.1) is 0 Å². The van der Waals surface area contributed by atoms with Crippen molar-refractivity contribution >= 4 is 27.4 Å². The Morgan fingerprint density at radius 1 is 1.06 bits per heavy atom. The van der Waals surface area contributed by atoms with Gasteiger partial charge >= 0.3 is 0 Å². The van der Waals surface area contributed by atoms with Crippen LogP contribution in [0.3, 0.4) is 0 Å². The van der Waals surface area contributed by atoms with Crippen molar-refractivity contribution in [2.24, 2.45) is 0 Å². The van der Waals surface area contributed by atoms with Crippen LogP contribution in [0.1, 0.15) is 29.3 Å². The van der Waals surface area contributed by atoms with Crippen molar-refractivity contribution in [3.8, 4) is 0 Å². The molecule has 166 valence electrons. The van der Waals surface area contributed by atoms with Crippen molar-refractivity contribution in [1.82, 2.24) is 9.62 Å². The zero-order valence-corrected chi connectivity index (χ0v) is 18.3. The highest BCUT2D eigenvalue weighted by Crippen LogP contribution is 2.14. The molecule has 0 bridgehead atoms. The van der Waals surface area contributed by atoms with Crippen LogP contribution in [0.2, 0.25) is 0 Å². The van der Waals surface area contributed by atoms with Crippen LogP contribution in [-0.4, -0.2) is 57.9 Å². The number of hydrogen-bond donors (Lipinski definition) is 2. The monoisotopic (exact) mass is 445 g/mol. The van der Waals surface area contributed by atoms with E-state index in [2.05, 4.69) is 14.9 Å². The summed E-state index contributed by atoms with van der Waals surface area (Å²) in [6.45, 7) is 5.40. The van der Waals surface area contributed by atoms with E-state index in [9.17, 15) is 18.0 Å². The number of amides is 1.